The molecule has 11 heteroatoms. The van der Waals surface area contributed by atoms with E-state index in [4.69, 9.17) is 10.1 Å². The molecule has 2 aliphatic carbocycles. The molecule has 3 unspecified atom stereocenters. The number of fused-ring (bicyclic) bond motifs is 1. The maximum Gasteiger partial charge on any atom is 0.240 e. The third kappa shape index (κ3) is 4.99. The summed E-state index contributed by atoms with van der Waals surface area (Å²) in [6.45, 7) is 3.85. The standard InChI is InChI=1S/C27H29N7O3S/c1-15-9-10-29-26(30-15)20-12-21(20)27(35)33-22-11-19(6-7-24(22)38(28,36)37)31-16(2)23-14-34-13-18(17-3-4-17)5-8-25(34)32-23/h5-11,13-14,16-17,20-21,31H,3-4,12H2,1-2H3,(H,33,35)(H2,28,36,37). The molecule has 3 atom stereocenters. The number of primary sulfonamides is 1. The number of hydrogen-bond acceptors (Lipinski definition) is 7. The molecule has 2 aliphatic rings. The van der Waals surface area contributed by atoms with Crippen LogP contribution < -0.4 is 15.8 Å². The first-order valence-corrected chi connectivity index (χ1v) is 14.2. The Morgan fingerprint density at radius 3 is 2.68 bits per heavy atom. The Labute approximate surface area is 220 Å². The molecule has 0 spiro atoms. The number of amides is 1. The summed E-state index contributed by atoms with van der Waals surface area (Å²) in [5.74, 6) is 0.561. The van der Waals surface area contributed by atoms with Crippen LogP contribution in [0.2, 0.25) is 0 Å². The van der Waals surface area contributed by atoms with Crippen molar-refractivity contribution in [1.82, 2.24) is 19.4 Å². The van der Waals surface area contributed by atoms with E-state index in [1.165, 1.54) is 24.5 Å². The Morgan fingerprint density at radius 1 is 1.13 bits per heavy atom. The van der Waals surface area contributed by atoms with Crippen LogP contribution in [0, 0.1) is 12.8 Å². The average Bonchev–Trinajstić information content (AvgIpc) is 3.79. The Balaban J connectivity index is 1.20. The predicted molar refractivity (Wildman–Crippen MR) is 143 cm³/mol. The van der Waals surface area contributed by atoms with Gasteiger partial charge in [0.05, 0.1) is 17.4 Å². The van der Waals surface area contributed by atoms with Gasteiger partial charge in [0.25, 0.3) is 0 Å². The van der Waals surface area contributed by atoms with Crippen molar-refractivity contribution in [2.45, 2.75) is 55.9 Å². The number of imidazole rings is 1. The number of sulfonamides is 1. The second-order valence-electron chi connectivity index (χ2n) is 10.3. The zero-order valence-electron chi connectivity index (χ0n) is 21.1. The number of aryl methyl sites for hydroxylation is 1. The molecule has 0 radical (unpaired) electrons. The van der Waals surface area contributed by atoms with E-state index in [0.717, 1.165) is 17.0 Å². The first kappa shape index (κ1) is 24.5. The summed E-state index contributed by atoms with van der Waals surface area (Å²) in [5, 5.41) is 11.6. The van der Waals surface area contributed by atoms with Crippen LogP contribution in [0.25, 0.3) is 5.65 Å². The van der Waals surface area contributed by atoms with Crippen molar-refractivity contribution in [2.75, 3.05) is 10.6 Å². The monoisotopic (exact) mass is 531 g/mol. The average molecular weight is 532 g/mol. The fraction of sp³-hybridized carbons (Fsp3) is 0.333. The van der Waals surface area contributed by atoms with Gasteiger partial charge in [-0.05, 0) is 74.9 Å². The number of anilines is 2. The van der Waals surface area contributed by atoms with Crippen molar-refractivity contribution < 1.29 is 13.2 Å². The zero-order chi connectivity index (χ0) is 26.6. The lowest BCUT2D eigenvalue weighted by Crippen LogP contribution is -2.20. The molecule has 2 fully saturated rings. The van der Waals surface area contributed by atoms with Gasteiger partial charge in [-0.1, -0.05) is 6.07 Å². The van der Waals surface area contributed by atoms with Crippen LogP contribution in [0.5, 0.6) is 0 Å². The first-order chi connectivity index (χ1) is 18.2. The van der Waals surface area contributed by atoms with Gasteiger partial charge in [0.1, 0.15) is 16.4 Å². The molecule has 4 N–H and O–H groups in total. The van der Waals surface area contributed by atoms with Gasteiger partial charge in [-0.25, -0.2) is 28.5 Å². The Bertz CT molecular complexity index is 1660. The molecule has 6 rings (SSSR count). The summed E-state index contributed by atoms with van der Waals surface area (Å²) in [6, 6.07) is 10.4. The summed E-state index contributed by atoms with van der Waals surface area (Å²) in [4.78, 5) is 26.3. The SMILES string of the molecule is Cc1ccnc(C2CC2C(=O)Nc2cc(NC(C)c3cn4cc(C5CC5)ccc4n3)ccc2S(N)(=O)=O)n1. The van der Waals surface area contributed by atoms with Crippen LogP contribution in [0.3, 0.4) is 0 Å². The summed E-state index contributed by atoms with van der Waals surface area (Å²) in [7, 11) is -4.06. The summed E-state index contributed by atoms with van der Waals surface area (Å²) < 4.78 is 26.5. The maximum absolute atomic E-state index is 13.0. The van der Waals surface area contributed by atoms with Crippen LogP contribution in [-0.2, 0) is 14.8 Å². The van der Waals surface area contributed by atoms with Crippen LogP contribution in [0.1, 0.15) is 66.8 Å². The van der Waals surface area contributed by atoms with E-state index in [1.807, 2.05) is 30.5 Å². The number of carbonyl (C=O) groups excluding carboxylic acids is 1. The lowest BCUT2D eigenvalue weighted by Gasteiger charge is -2.16. The smallest absolute Gasteiger partial charge is 0.240 e. The number of pyridine rings is 1. The molecule has 4 aromatic rings. The minimum atomic E-state index is -4.06. The summed E-state index contributed by atoms with van der Waals surface area (Å²) in [5.41, 5.74) is 4.64. The summed E-state index contributed by atoms with van der Waals surface area (Å²) >= 11 is 0. The van der Waals surface area contributed by atoms with Gasteiger partial charge in [0.2, 0.25) is 15.9 Å². The van der Waals surface area contributed by atoms with E-state index in [0.29, 0.717) is 23.9 Å². The van der Waals surface area contributed by atoms with Crippen LogP contribution in [0.15, 0.2) is 59.9 Å². The molecule has 0 saturated heterocycles. The van der Waals surface area contributed by atoms with Crippen molar-refractivity contribution in [1.29, 1.82) is 0 Å². The van der Waals surface area contributed by atoms with Crippen molar-refractivity contribution in [3.8, 4) is 0 Å². The van der Waals surface area contributed by atoms with Gasteiger partial charge in [0.15, 0.2) is 0 Å². The molecule has 10 nitrogen and oxygen atoms in total. The number of hydrogen-bond donors (Lipinski definition) is 3. The molecule has 3 aromatic heterocycles. The molecule has 1 aromatic carbocycles. The van der Waals surface area contributed by atoms with Crippen molar-refractivity contribution >= 4 is 33.0 Å². The highest BCUT2D eigenvalue weighted by molar-refractivity contribution is 7.89. The highest BCUT2D eigenvalue weighted by Gasteiger charge is 2.46. The molecule has 38 heavy (non-hydrogen) atoms. The topological polar surface area (TPSA) is 144 Å². The Hall–Kier alpha value is -3.83. The molecule has 196 valence electrons. The number of nitrogens with two attached hydrogens (primary N) is 1. The third-order valence-corrected chi connectivity index (χ3v) is 8.15. The minimum absolute atomic E-state index is 0.0929. The maximum atomic E-state index is 13.0. The minimum Gasteiger partial charge on any atom is -0.377 e. The van der Waals surface area contributed by atoms with E-state index >= 15 is 0 Å². The highest BCUT2D eigenvalue weighted by Crippen LogP contribution is 2.47. The lowest BCUT2D eigenvalue weighted by atomic mass is 10.2. The summed E-state index contributed by atoms with van der Waals surface area (Å²) in [6.07, 6.45) is 8.89. The molecule has 3 heterocycles. The third-order valence-electron chi connectivity index (χ3n) is 7.18. The van der Waals surface area contributed by atoms with E-state index in [-0.39, 0.29) is 34.4 Å². The highest BCUT2D eigenvalue weighted by atomic mass is 32.2. The van der Waals surface area contributed by atoms with Gasteiger partial charge in [-0.3, -0.25) is 4.79 Å². The second-order valence-corrected chi connectivity index (χ2v) is 11.8. The van der Waals surface area contributed by atoms with Crippen LogP contribution in [0.4, 0.5) is 11.4 Å². The molecule has 2 saturated carbocycles. The normalized spacial score (nSPS) is 19.8. The first-order valence-electron chi connectivity index (χ1n) is 12.7. The van der Waals surface area contributed by atoms with Crippen molar-refractivity contribution in [3.63, 3.8) is 0 Å². The number of aromatic nitrogens is 4. The van der Waals surface area contributed by atoms with E-state index in [9.17, 15) is 13.2 Å². The molecular formula is C27H29N7O3S. The molecule has 0 bridgehead atoms. The van der Waals surface area contributed by atoms with Crippen molar-refractivity contribution in [2.24, 2.45) is 11.1 Å². The number of benzene rings is 1. The van der Waals surface area contributed by atoms with Gasteiger partial charge in [-0.2, -0.15) is 0 Å². The number of rotatable bonds is 8. The van der Waals surface area contributed by atoms with Gasteiger partial charge >= 0.3 is 0 Å². The number of nitrogens with zero attached hydrogens (tertiary/aromatic N) is 4. The van der Waals surface area contributed by atoms with Gasteiger partial charge < -0.3 is 15.0 Å². The van der Waals surface area contributed by atoms with E-state index < -0.39 is 10.0 Å². The number of nitrogens with one attached hydrogen (secondary N) is 2. The Morgan fingerprint density at radius 2 is 1.95 bits per heavy atom. The lowest BCUT2D eigenvalue weighted by molar-refractivity contribution is -0.117. The van der Waals surface area contributed by atoms with Crippen LogP contribution >= 0.6 is 0 Å². The fourth-order valence-electron chi connectivity index (χ4n) is 4.83. The quantitative estimate of drug-likeness (QED) is 0.313. The zero-order valence-corrected chi connectivity index (χ0v) is 21.9. The molecule has 1 amide bonds. The van der Waals surface area contributed by atoms with Gasteiger partial charge in [-0.15, -0.1) is 0 Å². The van der Waals surface area contributed by atoms with Crippen LogP contribution in [-0.4, -0.2) is 33.7 Å². The fourth-order valence-corrected chi connectivity index (χ4v) is 5.50. The predicted octanol–water partition coefficient (Wildman–Crippen LogP) is 3.87. The second kappa shape index (κ2) is 9.17. The molecular weight excluding hydrogens is 502 g/mol. The van der Waals surface area contributed by atoms with E-state index in [2.05, 4.69) is 32.9 Å². The number of carbonyl (C=O) groups is 1. The molecule has 0 aliphatic heterocycles. The largest absolute Gasteiger partial charge is 0.377 e. The van der Waals surface area contributed by atoms with E-state index in [1.54, 1.807) is 24.4 Å². The van der Waals surface area contributed by atoms with Crippen molar-refractivity contribution in [3.05, 3.63) is 77.8 Å². The Kier molecular flexibility index (Phi) is 5.92. The van der Waals surface area contributed by atoms with Gasteiger partial charge in [0, 0.05) is 41.8 Å².